The maximum Gasteiger partial charge on any atom is 0.0687 e. The molecule has 1 aliphatic carbocycles. The van der Waals surface area contributed by atoms with Crippen molar-refractivity contribution in [2.45, 2.75) is 32.4 Å². The third-order valence-corrected chi connectivity index (χ3v) is 3.12. The third-order valence-electron chi connectivity index (χ3n) is 3.12. The van der Waals surface area contributed by atoms with Crippen LogP contribution < -0.4 is 10.6 Å². The summed E-state index contributed by atoms with van der Waals surface area (Å²) in [4.78, 5) is 0. The van der Waals surface area contributed by atoms with Gasteiger partial charge in [0, 0.05) is 0 Å². The smallest absolute Gasteiger partial charge is 0.0687 e. The molecule has 0 aromatic rings. The van der Waals surface area contributed by atoms with E-state index in [0.29, 0.717) is 0 Å². The van der Waals surface area contributed by atoms with Crippen LogP contribution in [0, 0.1) is 11.8 Å². The summed E-state index contributed by atoms with van der Waals surface area (Å²) in [5.41, 5.74) is 0.259. The number of hydrogen-bond acceptors (Lipinski definition) is 2. The lowest BCUT2D eigenvalue weighted by molar-refractivity contribution is 0.0539. The second kappa shape index (κ2) is 3.11. The molecule has 2 N–H and O–H groups in total. The summed E-state index contributed by atoms with van der Waals surface area (Å²) < 4.78 is 0. The first-order chi connectivity index (χ1) is 5.13. The quantitative estimate of drug-likeness (QED) is 0.600. The highest BCUT2D eigenvalue weighted by Crippen LogP contribution is 2.39. The van der Waals surface area contributed by atoms with Crippen LogP contribution in [-0.2, 0) is 0 Å². The summed E-state index contributed by atoms with van der Waals surface area (Å²) in [5.74, 6) is 1.75. The fourth-order valence-corrected chi connectivity index (χ4v) is 1.84. The van der Waals surface area contributed by atoms with Crippen LogP contribution in [0.3, 0.4) is 0 Å². The van der Waals surface area contributed by atoms with Crippen molar-refractivity contribution < 1.29 is 0 Å². The van der Waals surface area contributed by atoms with E-state index in [0.717, 1.165) is 11.8 Å². The van der Waals surface area contributed by atoms with Crippen LogP contribution in [-0.4, -0.2) is 19.8 Å². The van der Waals surface area contributed by atoms with Crippen LogP contribution in [0.15, 0.2) is 0 Å². The van der Waals surface area contributed by atoms with E-state index in [4.69, 9.17) is 0 Å². The van der Waals surface area contributed by atoms with Crippen molar-refractivity contribution in [3.63, 3.8) is 0 Å². The van der Waals surface area contributed by atoms with Crippen molar-refractivity contribution in [2.24, 2.45) is 11.8 Å². The molecule has 66 valence electrons. The van der Waals surface area contributed by atoms with Crippen molar-refractivity contribution in [3.8, 4) is 0 Å². The number of rotatable bonds is 3. The fourth-order valence-electron chi connectivity index (χ4n) is 1.84. The van der Waals surface area contributed by atoms with Gasteiger partial charge < -0.3 is 10.6 Å². The first-order valence-electron chi connectivity index (χ1n) is 4.51. The third kappa shape index (κ3) is 1.57. The molecule has 2 nitrogen and oxygen atoms in total. The molecule has 1 aliphatic rings. The van der Waals surface area contributed by atoms with E-state index in [2.05, 4.69) is 24.5 Å². The van der Waals surface area contributed by atoms with Gasteiger partial charge in [-0.3, -0.25) is 0 Å². The SMILES string of the molecule is CNC1(NC)CC(C(C)C)C1. The summed E-state index contributed by atoms with van der Waals surface area (Å²) in [7, 11) is 4.07. The predicted octanol–water partition coefficient (Wildman–Crippen LogP) is 1.19. The zero-order chi connectivity index (χ0) is 8.48. The Hall–Kier alpha value is -0.0800. The molecule has 0 aromatic heterocycles. The van der Waals surface area contributed by atoms with Gasteiger partial charge in [-0.15, -0.1) is 0 Å². The van der Waals surface area contributed by atoms with Gasteiger partial charge in [0.2, 0.25) is 0 Å². The van der Waals surface area contributed by atoms with Crippen molar-refractivity contribution in [1.29, 1.82) is 0 Å². The van der Waals surface area contributed by atoms with E-state index in [1.54, 1.807) is 0 Å². The van der Waals surface area contributed by atoms with Crippen molar-refractivity contribution in [3.05, 3.63) is 0 Å². The van der Waals surface area contributed by atoms with Gasteiger partial charge >= 0.3 is 0 Å². The van der Waals surface area contributed by atoms with Crippen LogP contribution in [0.1, 0.15) is 26.7 Å². The fraction of sp³-hybridized carbons (Fsp3) is 1.00. The summed E-state index contributed by atoms with van der Waals surface area (Å²) in [6, 6.07) is 0. The molecular formula is C9H20N2. The number of nitrogens with one attached hydrogen (secondary N) is 2. The van der Waals surface area contributed by atoms with Crippen LogP contribution >= 0.6 is 0 Å². The van der Waals surface area contributed by atoms with Gasteiger partial charge in [0.15, 0.2) is 0 Å². The molecule has 1 fully saturated rings. The molecule has 0 amide bonds. The first-order valence-corrected chi connectivity index (χ1v) is 4.51. The zero-order valence-corrected chi connectivity index (χ0v) is 8.07. The second-order valence-corrected chi connectivity index (χ2v) is 3.99. The van der Waals surface area contributed by atoms with Crippen molar-refractivity contribution in [1.82, 2.24) is 10.6 Å². The molecule has 0 aromatic carbocycles. The van der Waals surface area contributed by atoms with Crippen molar-refractivity contribution in [2.75, 3.05) is 14.1 Å². The van der Waals surface area contributed by atoms with E-state index in [1.165, 1.54) is 12.8 Å². The highest BCUT2D eigenvalue weighted by molar-refractivity contribution is 4.97. The van der Waals surface area contributed by atoms with Gasteiger partial charge in [0.1, 0.15) is 0 Å². The van der Waals surface area contributed by atoms with E-state index in [1.807, 2.05) is 14.1 Å². The van der Waals surface area contributed by atoms with Gasteiger partial charge in [-0.05, 0) is 38.8 Å². The monoisotopic (exact) mass is 156 g/mol. The van der Waals surface area contributed by atoms with Gasteiger partial charge in [0.05, 0.1) is 5.66 Å². The minimum Gasteiger partial charge on any atom is -0.302 e. The molecule has 1 saturated carbocycles. The molecule has 2 heteroatoms. The molecule has 0 unspecified atom stereocenters. The topological polar surface area (TPSA) is 24.1 Å². The lowest BCUT2D eigenvalue weighted by atomic mass is 9.69. The predicted molar refractivity (Wildman–Crippen MR) is 48.4 cm³/mol. The minimum absolute atomic E-state index is 0.259. The second-order valence-electron chi connectivity index (χ2n) is 3.99. The van der Waals surface area contributed by atoms with Crippen LogP contribution in [0.25, 0.3) is 0 Å². The van der Waals surface area contributed by atoms with E-state index >= 15 is 0 Å². The Labute approximate surface area is 69.8 Å². The first kappa shape index (κ1) is 9.01. The largest absolute Gasteiger partial charge is 0.302 e. The Morgan fingerprint density at radius 3 is 1.91 bits per heavy atom. The van der Waals surface area contributed by atoms with Crippen molar-refractivity contribution >= 4 is 0 Å². The molecule has 1 rings (SSSR count). The van der Waals surface area contributed by atoms with Gasteiger partial charge in [-0.25, -0.2) is 0 Å². The molecule has 11 heavy (non-hydrogen) atoms. The Morgan fingerprint density at radius 2 is 1.64 bits per heavy atom. The maximum absolute atomic E-state index is 3.34. The Bertz CT molecular complexity index is 120. The lowest BCUT2D eigenvalue weighted by Gasteiger charge is -2.49. The summed E-state index contributed by atoms with van der Waals surface area (Å²) in [6.45, 7) is 4.61. The molecule has 0 radical (unpaired) electrons. The molecule has 0 aliphatic heterocycles. The summed E-state index contributed by atoms with van der Waals surface area (Å²) >= 11 is 0. The normalized spacial score (nSPS) is 23.7. The lowest BCUT2D eigenvalue weighted by Crippen LogP contribution is -2.63. The molecule has 0 saturated heterocycles. The average molecular weight is 156 g/mol. The zero-order valence-electron chi connectivity index (χ0n) is 8.07. The standard InChI is InChI=1S/C9H20N2/c1-7(2)8-5-9(6-8,10-3)11-4/h7-8,10-11H,5-6H2,1-4H3. The van der Waals surface area contributed by atoms with Gasteiger partial charge in [-0.1, -0.05) is 13.8 Å². The van der Waals surface area contributed by atoms with Gasteiger partial charge in [0.25, 0.3) is 0 Å². The van der Waals surface area contributed by atoms with E-state index in [-0.39, 0.29) is 5.66 Å². The summed E-state index contributed by atoms with van der Waals surface area (Å²) in [6.07, 6.45) is 2.55. The number of hydrogen-bond donors (Lipinski definition) is 2. The minimum atomic E-state index is 0.259. The van der Waals surface area contributed by atoms with Crippen LogP contribution in [0.5, 0.6) is 0 Å². The maximum atomic E-state index is 3.34. The van der Waals surface area contributed by atoms with Gasteiger partial charge in [-0.2, -0.15) is 0 Å². The Morgan fingerprint density at radius 1 is 1.18 bits per heavy atom. The van der Waals surface area contributed by atoms with Crippen LogP contribution in [0.2, 0.25) is 0 Å². The molecular weight excluding hydrogens is 136 g/mol. The molecule has 0 atom stereocenters. The molecule has 0 spiro atoms. The van der Waals surface area contributed by atoms with E-state index in [9.17, 15) is 0 Å². The molecule has 0 heterocycles. The molecule has 0 bridgehead atoms. The Balaban J connectivity index is 2.35. The average Bonchev–Trinajstić information content (AvgIpc) is 1.87. The van der Waals surface area contributed by atoms with Crippen LogP contribution in [0.4, 0.5) is 0 Å². The Kier molecular flexibility index (Phi) is 2.55. The highest BCUT2D eigenvalue weighted by Gasteiger charge is 2.42. The van der Waals surface area contributed by atoms with E-state index < -0.39 is 0 Å². The summed E-state index contributed by atoms with van der Waals surface area (Å²) in [5, 5.41) is 6.68. The highest BCUT2D eigenvalue weighted by atomic mass is 15.2.